The monoisotopic (exact) mass is 312 g/mol. The largest absolute Gasteiger partial charge is 0.490 e. The molecule has 0 aliphatic heterocycles. The molecule has 1 heterocycles. The van der Waals surface area contributed by atoms with Gasteiger partial charge in [-0.3, -0.25) is 4.79 Å². The van der Waals surface area contributed by atoms with E-state index < -0.39 is 0 Å². The highest BCUT2D eigenvalue weighted by Gasteiger charge is 2.31. The molecule has 0 radical (unpaired) electrons. The third-order valence-corrected chi connectivity index (χ3v) is 4.84. The van der Waals surface area contributed by atoms with Crippen LogP contribution in [0.3, 0.4) is 0 Å². The Hall–Kier alpha value is -2.07. The van der Waals surface area contributed by atoms with Crippen LogP contribution in [0.1, 0.15) is 37.7 Å². The molecule has 1 aromatic carbocycles. The van der Waals surface area contributed by atoms with Gasteiger partial charge in [-0.1, -0.05) is 6.08 Å². The minimum atomic E-state index is -0.118. The van der Waals surface area contributed by atoms with Crippen molar-refractivity contribution in [3.8, 4) is 5.75 Å². The number of aryl methyl sites for hydroxylation is 1. The van der Waals surface area contributed by atoms with Crippen molar-refractivity contribution in [3.05, 3.63) is 53.0 Å². The maximum atomic E-state index is 11.8. The first-order chi connectivity index (χ1) is 11.0. The molecule has 2 aromatic rings. The first kappa shape index (κ1) is 15.8. The molecule has 122 valence electrons. The third kappa shape index (κ3) is 3.32. The molecule has 0 atom stereocenters. The van der Waals surface area contributed by atoms with Crippen molar-refractivity contribution in [3.63, 3.8) is 0 Å². The zero-order valence-electron chi connectivity index (χ0n) is 13.6. The predicted molar refractivity (Wildman–Crippen MR) is 93.9 cm³/mol. The second-order valence-corrected chi connectivity index (χ2v) is 6.68. The van der Waals surface area contributed by atoms with E-state index in [1.807, 2.05) is 31.2 Å². The van der Waals surface area contributed by atoms with Crippen LogP contribution in [0.25, 0.3) is 10.8 Å². The molecule has 0 amide bonds. The van der Waals surface area contributed by atoms with Crippen LogP contribution in [0.5, 0.6) is 5.75 Å². The van der Waals surface area contributed by atoms with Crippen molar-refractivity contribution < 1.29 is 4.74 Å². The van der Waals surface area contributed by atoms with E-state index in [9.17, 15) is 4.79 Å². The van der Waals surface area contributed by atoms with E-state index in [0.29, 0.717) is 5.39 Å². The van der Waals surface area contributed by atoms with Crippen molar-refractivity contribution in [1.29, 1.82) is 0 Å². The van der Waals surface area contributed by atoms with Crippen LogP contribution >= 0.6 is 0 Å². The molecular formula is C19H24N2O2. The fraction of sp³-hybridized carbons (Fsp3) is 0.421. The summed E-state index contributed by atoms with van der Waals surface area (Å²) in [5.74, 6) is 0.862. The highest BCUT2D eigenvalue weighted by atomic mass is 16.5. The van der Waals surface area contributed by atoms with E-state index in [2.05, 4.69) is 11.6 Å². The molecule has 4 heteroatoms. The van der Waals surface area contributed by atoms with E-state index in [0.717, 1.165) is 48.8 Å². The van der Waals surface area contributed by atoms with Gasteiger partial charge >= 0.3 is 0 Å². The Morgan fingerprint density at radius 2 is 2.17 bits per heavy atom. The fourth-order valence-corrected chi connectivity index (χ4v) is 3.41. The van der Waals surface area contributed by atoms with Crippen molar-refractivity contribution in [2.45, 2.75) is 50.7 Å². The maximum Gasteiger partial charge on any atom is 0.255 e. The number of nitrogens with two attached hydrogens (primary N) is 1. The second-order valence-electron chi connectivity index (χ2n) is 6.68. The van der Waals surface area contributed by atoms with Crippen LogP contribution in [0.2, 0.25) is 0 Å². The second kappa shape index (κ2) is 6.20. The average Bonchev–Trinajstić information content (AvgIpc) is 2.52. The summed E-state index contributed by atoms with van der Waals surface area (Å²) in [4.78, 5) is 14.6. The third-order valence-electron chi connectivity index (χ3n) is 4.84. The van der Waals surface area contributed by atoms with Gasteiger partial charge in [0, 0.05) is 17.1 Å². The first-order valence-electron chi connectivity index (χ1n) is 8.19. The highest BCUT2D eigenvalue weighted by Crippen LogP contribution is 2.33. The van der Waals surface area contributed by atoms with Gasteiger partial charge in [-0.25, -0.2) is 0 Å². The average molecular weight is 312 g/mol. The molecule has 1 saturated carbocycles. The van der Waals surface area contributed by atoms with E-state index in [1.165, 1.54) is 0 Å². The van der Waals surface area contributed by atoms with Crippen LogP contribution in [0.15, 0.2) is 41.8 Å². The SMILES string of the molecule is C=CC[C@]1(N)CC[C@@H](Oc2cc3cc[nH]c(=O)c3cc2C)CC1. The van der Waals surface area contributed by atoms with Crippen molar-refractivity contribution >= 4 is 10.8 Å². The number of ether oxygens (including phenoxy) is 1. The summed E-state index contributed by atoms with van der Waals surface area (Å²) in [5, 5.41) is 1.61. The molecule has 23 heavy (non-hydrogen) atoms. The topological polar surface area (TPSA) is 68.1 Å². The number of benzene rings is 1. The standard InChI is InChI=1S/C19H24N2O2/c1-3-7-19(20)8-4-15(5-9-19)23-17-12-14-6-10-21-18(22)16(14)11-13(17)2/h3,6,10-12,15H,1,4-5,7-9,20H2,2H3,(H,21,22)/t15-,19+. The van der Waals surface area contributed by atoms with Gasteiger partial charge in [0.05, 0.1) is 6.10 Å². The smallest absolute Gasteiger partial charge is 0.255 e. The van der Waals surface area contributed by atoms with Gasteiger partial charge in [0.25, 0.3) is 5.56 Å². The predicted octanol–water partition coefficient (Wildman–Crippen LogP) is 3.43. The normalized spacial score (nSPS) is 24.5. The number of aromatic amines is 1. The summed E-state index contributed by atoms with van der Waals surface area (Å²) in [6.45, 7) is 5.78. The van der Waals surface area contributed by atoms with E-state index in [-0.39, 0.29) is 17.2 Å². The Morgan fingerprint density at radius 1 is 1.43 bits per heavy atom. The van der Waals surface area contributed by atoms with Crippen molar-refractivity contribution in [2.24, 2.45) is 5.73 Å². The van der Waals surface area contributed by atoms with Gasteiger partial charge in [0.15, 0.2) is 0 Å². The molecule has 1 fully saturated rings. The Labute approximate surface area is 136 Å². The molecule has 1 aliphatic carbocycles. The summed E-state index contributed by atoms with van der Waals surface area (Å²) in [6, 6.07) is 5.77. The number of pyridine rings is 1. The molecule has 0 bridgehead atoms. The van der Waals surface area contributed by atoms with Crippen molar-refractivity contribution in [2.75, 3.05) is 0 Å². The van der Waals surface area contributed by atoms with E-state index in [4.69, 9.17) is 10.5 Å². The van der Waals surface area contributed by atoms with Gasteiger partial charge in [-0.05, 0) is 68.2 Å². The highest BCUT2D eigenvalue weighted by molar-refractivity contribution is 5.83. The van der Waals surface area contributed by atoms with Gasteiger partial charge < -0.3 is 15.5 Å². The number of hydrogen-bond donors (Lipinski definition) is 2. The maximum absolute atomic E-state index is 11.8. The zero-order valence-corrected chi connectivity index (χ0v) is 13.6. The Kier molecular flexibility index (Phi) is 4.26. The van der Waals surface area contributed by atoms with Crippen LogP contribution in [-0.2, 0) is 0 Å². The zero-order chi connectivity index (χ0) is 16.4. The number of hydrogen-bond acceptors (Lipinski definition) is 3. The van der Waals surface area contributed by atoms with E-state index >= 15 is 0 Å². The van der Waals surface area contributed by atoms with Gasteiger partial charge in [-0.15, -0.1) is 6.58 Å². The van der Waals surface area contributed by atoms with Gasteiger partial charge in [0.1, 0.15) is 5.75 Å². The molecule has 3 rings (SSSR count). The van der Waals surface area contributed by atoms with Crippen LogP contribution in [0.4, 0.5) is 0 Å². The lowest BCUT2D eigenvalue weighted by Gasteiger charge is -2.36. The molecular weight excluding hydrogens is 288 g/mol. The summed E-state index contributed by atoms with van der Waals surface area (Å²) in [6.07, 6.45) is 8.45. The molecule has 3 N–H and O–H groups in total. The fourth-order valence-electron chi connectivity index (χ4n) is 3.41. The molecule has 1 aliphatic rings. The minimum absolute atomic E-state index is 0.0628. The number of aromatic nitrogens is 1. The molecule has 4 nitrogen and oxygen atoms in total. The van der Waals surface area contributed by atoms with Crippen LogP contribution in [0, 0.1) is 6.92 Å². The van der Waals surface area contributed by atoms with Gasteiger partial charge in [0.2, 0.25) is 0 Å². The van der Waals surface area contributed by atoms with Crippen molar-refractivity contribution in [1.82, 2.24) is 4.98 Å². The lowest BCUT2D eigenvalue weighted by molar-refractivity contribution is 0.118. The number of rotatable bonds is 4. The Morgan fingerprint density at radius 3 is 2.87 bits per heavy atom. The van der Waals surface area contributed by atoms with Crippen LogP contribution in [-0.4, -0.2) is 16.6 Å². The molecule has 0 unspecified atom stereocenters. The lowest BCUT2D eigenvalue weighted by atomic mass is 9.79. The Balaban J connectivity index is 1.76. The number of H-pyrrole nitrogens is 1. The molecule has 0 saturated heterocycles. The summed E-state index contributed by atoms with van der Waals surface area (Å²) in [5.41, 5.74) is 7.19. The minimum Gasteiger partial charge on any atom is -0.490 e. The number of nitrogens with one attached hydrogen (secondary N) is 1. The lowest BCUT2D eigenvalue weighted by Crippen LogP contribution is -2.44. The summed E-state index contributed by atoms with van der Waals surface area (Å²) in [7, 11) is 0. The first-order valence-corrected chi connectivity index (χ1v) is 8.19. The van der Waals surface area contributed by atoms with E-state index in [1.54, 1.807) is 6.20 Å². The summed E-state index contributed by atoms with van der Waals surface area (Å²) >= 11 is 0. The quantitative estimate of drug-likeness (QED) is 0.850. The number of fused-ring (bicyclic) bond motifs is 1. The van der Waals surface area contributed by atoms with Gasteiger partial charge in [-0.2, -0.15) is 0 Å². The molecule has 1 aromatic heterocycles. The Bertz CT molecular complexity index is 771. The van der Waals surface area contributed by atoms with Crippen LogP contribution < -0.4 is 16.0 Å². The summed E-state index contributed by atoms with van der Waals surface area (Å²) < 4.78 is 6.21. The molecule has 0 spiro atoms.